The van der Waals surface area contributed by atoms with Crippen LogP contribution in [0.15, 0.2) is 98.0 Å². The van der Waals surface area contributed by atoms with E-state index in [-0.39, 0.29) is 11.8 Å². The molecule has 0 saturated heterocycles. The fraction of sp³-hybridized carbons (Fsp3) is 0.115. The molecule has 0 spiro atoms. The lowest BCUT2D eigenvalue weighted by Crippen LogP contribution is -2.28. The van der Waals surface area contributed by atoms with Crippen molar-refractivity contribution in [3.63, 3.8) is 0 Å². The summed E-state index contributed by atoms with van der Waals surface area (Å²) in [6, 6.07) is 17.3. The van der Waals surface area contributed by atoms with Crippen molar-refractivity contribution in [3.05, 3.63) is 114 Å². The first-order valence-corrected chi connectivity index (χ1v) is 10.7. The number of amides is 1. The SMILES string of the molecule is C=CC(=C)CC(CNC(=O)c1cn(-c2ncccn2)c2cccc(Cl)c12)c1ccccc1. The van der Waals surface area contributed by atoms with Crippen LogP contribution in [-0.4, -0.2) is 27.0 Å². The van der Waals surface area contributed by atoms with Crippen molar-refractivity contribution in [2.75, 3.05) is 6.54 Å². The number of halogens is 1. The fourth-order valence-corrected chi connectivity index (χ4v) is 4.01. The summed E-state index contributed by atoms with van der Waals surface area (Å²) in [5.41, 5.74) is 3.31. The fourth-order valence-electron chi connectivity index (χ4n) is 3.74. The molecule has 0 bridgehead atoms. The first-order valence-electron chi connectivity index (χ1n) is 10.3. The van der Waals surface area contributed by atoms with Crippen molar-refractivity contribution in [1.82, 2.24) is 19.9 Å². The van der Waals surface area contributed by atoms with Crippen LogP contribution in [0.5, 0.6) is 0 Å². The Hall–Kier alpha value is -3.70. The van der Waals surface area contributed by atoms with Crippen LogP contribution in [-0.2, 0) is 0 Å². The van der Waals surface area contributed by atoms with Crippen LogP contribution in [0.4, 0.5) is 0 Å². The molecule has 2 heterocycles. The Morgan fingerprint density at radius 3 is 2.56 bits per heavy atom. The lowest BCUT2D eigenvalue weighted by atomic mass is 9.92. The number of benzene rings is 2. The van der Waals surface area contributed by atoms with E-state index in [1.807, 2.05) is 30.3 Å². The highest BCUT2D eigenvalue weighted by Crippen LogP contribution is 2.30. The van der Waals surface area contributed by atoms with E-state index in [0.29, 0.717) is 34.9 Å². The molecule has 1 N–H and O–H groups in total. The van der Waals surface area contributed by atoms with Crippen LogP contribution < -0.4 is 5.32 Å². The van der Waals surface area contributed by atoms with Gasteiger partial charge in [-0.15, -0.1) is 0 Å². The monoisotopic (exact) mass is 442 g/mol. The Morgan fingerprint density at radius 2 is 1.84 bits per heavy atom. The molecule has 32 heavy (non-hydrogen) atoms. The highest BCUT2D eigenvalue weighted by atomic mass is 35.5. The highest BCUT2D eigenvalue weighted by Gasteiger charge is 2.20. The van der Waals surface area contributed by atoms with Gasteiger partial charge in [0.05, 0.1) is 16.1 Å². The molecule has 0 aliphatic carbocycles. The number of fused-ring (bicyclic) bond motifs is 1. The van der Waals surface area contributed by atoms with Crippen molar-refractivity contribution < 1.29 is 4.79 Å². The number of allylic oxidation sites excluding steroid dienone is 2. The van der Waals surface area contributed by atoms with Crippen LogP contribution in [0.1, 0.15) is 28.3 Å². The van der Waals surface area contributed by atoms with Gasteiger partial charge in [0.1, 0.15) is 0 Å². The number of rotatable bonds is 8. The van der Waals surface area contributed by atoms with Crippen molar-refractivity contribution in [2.45, 2.75) is 12.3 Å². The Morgan fingerprint density at radius 1 is 1.09 bits per heavy atom. The van der Waals surface area contributed by atoms with Gasteiger partial charge in [-0.1, -0.05) is 72.8 Å². The summed E-state index contributed by atoms with van der Waals surface area (Å²) >= 11 is 6.50. The van der Waals surface area contributed by atoms with Gasteiger partial charge in [-0.25, -0.2) is 9.97 Å². The smallest absolute Gasteiger partial charge is 0.253 e. The topological polar surface area (TPSA) is 59.8 Å². The molecule has 0 radical (unpaired) electrons. The number of carbonyl (C=O) groups is 1. The number of hydrogen-bond acceptors (Lipinski definition) is 3. The molecule has 0 aliphatic heterocycles. The van der Waals surface area contributed by atoms with Crippen LogP contribution >= 0.6 is 11.6 Å². The molecule has 160 valence electrons. The van der Waals surface area contributed by atoms with E-state index in [1.165, 1.54) is 0 Å². The summed E-state index contributed by atoms with van der Waals surface area (Å²) in [7, 11) is 0. The largest absolute Gasteiger partial charge is 0.351 e. The molecule has 1 amide bonds. The van der Waals surface area contributed by atoms with E-state index in [2.05, 4.69) is 40.6 Å². The van der Waals surface area contributed by atoms with Crippen LogP contribution in [0.25, 0.3) is 16.9 Å². The molecule has 0 saturated carbocycles. The second kappa shape index (κ2) is 9.62. The summed E-state index contributed by atoms with van der Waals surface area (Å²) in [6.07, 6.45) is 7.52. The Bertz CT molecular complexity index is 1270. The van der Waals surface area contributed by atoms with Crippen LogP contribution in [0.3, 0.4) is 0 Å². The second-order valence-corrected chi connectivity index (χ2v) is 7.89. The third-order valence-corrected chi connectivity index (χ3v) is 5.68. The van der Waals surface area contributed by atoms with E-state index in [4.69, 9.17) is 11.6 Å². The minimum Gasteiger partial charge on any atom is -0.351 e. The predicted octanol–water partition coefficient (Wildman–Crippen LogP) is 5.72. The van der Waals surface area contributed by atoms with E-state index in [1.54, 1.807) is 41.4 Å². The normalized spacial score (nSPS) is 11.8. The van der Waals surface area contributed by atoms with Gasteiger partial charge in [0.15, 0.2) is 0 Å². The molecular weight excluding hydrogens is 420 g/mol. The molecule has 5 nitrogen and oxygen atoms in total. The lowest BCUT2D eigenvalue weighted by Gasteiger charge is -2.18. The van der Waals surface area contributed by atoms with Gasteiger partial charge in [0.25, 0.3) is 5.91 Å². The third kappa shape index (κ3) is 4.48. The molecule has 4 rings (SSSR count). The number of nitrogens with one attached hydrogen (secondary N) is 1. The van der Waals surface area contributed by atoms with Gasteiger partial charge in [-0.2, -0.15) is 0 Å². The number of nitrogens with zero attached hydrogens (tertiary/aromatic N) is 3. The summed E-state index contributed by atoms with van der Waals surface area (Å²) in [5, 5.41) is 4.26. The van der Waals surface area contributed by atoms with Crippen LogP contribution in [0, 0.1) is 0 Å². The summed E-state index contributed by atoms with van der Waals surface area (Å²) in [5.74, 6) is 0.345. The minimum atomic E-state index is -0.206. The summed E-state index contributed by atoms with van der Waals surface area (Å²) < 4.78 is 1.78. The molecule has 1 atom stereocenters. The van der Waals surface area contributed by atoms with E-state index in [9.17, 15) is 4.79 Å². The van der Waals surface area contributed by atoms with E-state index >= 15 is 0 Å². The zero-order valence-electron chi connectivity index (χ0n) is 17.5. The quantitative estimate of drug-likeness (QED) is 0.355. The second-order valence-electron chi connectivity index (χ2n) is 7.48. The highest BCUT2D eigenvalue weighted by molar-refractivity contribution is 6.37. The molecule has 2 aromatic heterocycles. The average molecular weight is 443 g/mol. The van der Waals surface area contributed by atoms with Gasteiger partial charge in [0, 0.05) is 36.4 Å². The summed E-state index contributed by atoms with van der Waals surface area (Å²) in [4.78, 5) is 21.9. The van der Waals surface area contributed by atoms with Gasteiger partial charge in [-0.05, 0) is 30.2 Å². The predicted molar refractivity (Wildman–Crippen MR) is 129 cm³/mol. The summed E-state index contributed by atoms with van der Waals surface area (Å²) in [6.45, 7) is 8.31. The van der Waals surface area contributed by atoms with Crippen LogP contribution in [0.2, 0.25) is 5.02 Å². The van der Waals surface area contributed by atoms with Gasteiger partial charge >= 0.3 is 0 Å². The van der Waals surface area contributed by atoms with Gasteiger partial charge in [-0.3, -0.25) is 9.36 Å². The van der Waals surface area contributed by atoms with Gasteiger partial charge < -0.3 is 5.32 Å². The maximum atomic E-state index is 13.3. The van der Waals surface area contributed by atoms with E-state index in [0.717, 1.165) is 16.7 Å². The van der Waals surface area contributed by atoms with Crippen molar-refractivity contribution in [2.24, 2.45) is 0 Å². The average Bonchev–Trinajstić information content (AvgIpc) is 3.23. The van der Waals surface area contributed by atoms with Crippen molar-refractivity contribution >= 4 is 28.4 Å². The number of hydrogen-bond donors (Lipinski definition) is 1. The van der Waals surface area contributed by atoms with Gasteiger partial charge in [0.2, 0.25) is 5.95 Å². The Labute approximate surface area is 192 Å². The maximum Gasteiger partial charge on any atom is 0.253 e. The third-order valence-electron chi connectivity index (χ3n) is 5.37. The minimum absolute atomic E-state index is 0.0759. The molecular formula is C26H23ClN4O. The first kappa shape index (κ1) is 21.5. The Balaban J connectivity index is 1.65. The standard InChI is InChI=1S/C26H23ClN4O/c1-3-18(2)15-20(19-9-5-4-6-10-19)16-30-25(32)21-17-31(26-28-13-8-14-29-26)23-12-7-11-22(27)24(21)23/h3-14,17,20H,1-2,15-16H2,(H,30,32). The zero-order valence-corrected chi connectivity index (χ0v) is 18.3. The Kier molecular flexibility index (Phi) is 6.47. The number of carbonyl (C=O) groups excluding carboxylic acids is 1. The molecule has 1 unspecified atom stereocenters. The van der Waals surface area contributed by atoms with Crippen molar-refractivity contribution in [3.8, 4) is 5.95 Å². The lowest BCUT2D eigenvalue weighted by molar-refractivity contribution is 0.0952. The molecule has 0 fully saturated rings. The molecule has 6 heteroatoms. The van der Waals surface area contributed by atoms with Crippen molar-refractivity contribution in [1.29, 1.82) is 0 Å². The number of aromatic nitrogens is 3. The van der Waals surface area contributed by atoms with E-state index < -0.39 is 0 Å². The molecule has 4 aromatic rings. The molecule has 0 aliphatic rings. The molecule has 2 aromatic carbocycles. The zero-order chi connectivity index (χ0) is 22.5. The first-order chi connectivity index (χ1) is 15.6. The maximum absolute atomic E-state index is 13.3.